The first-order valence-electron chi connectivity index (χ1n) is 8.65. The van der Waals surface area contributed by atoms with E-state index in [1.54, 1.807) is 13.8 Å². The first-order valence-corrected chi connectivity index (χ1v) is 8.65. The van der Waals surface area contributed by atoms with Crippen LogP contribution in [0.25, 0.3) is 0 Å². The molecule has 4 atom stereocenters. The molecule has 0 aliphatic rings. The summed E-state index contributed by atoms with van der Waals surface area (Å²) in [7, 11) is 0. The Kier molecular flexibility index (Phi) is 9.85. The maximum absolute atomic E-state index is 12.5. The van der Waals surface area contributed by atoms with E-state index in [9.17, 15) is 29.4 Å². The molecule has 0 aromatic rings. The van der Waals surface area contributed by atoms with E-state index in [2.05, 4.69) is 16.0 Å². The van der Waals surface area contributed by atoms with Crippen molar-refractivity contribution in [1.82, 2.24) is 16.0 Å². The number of aliphatic carboxylic acids is 1. The fourth-order valence-corrected chi connectivity index (χ4v) is 2.36. The van der Waals surface area contributed by atoms with E-state index in [-0.39, 0.29) is 18.3 Å². The van der Waals surface area contributed by atoms with Crippen molar-refractivity contribution in [3.05, 3.63) is 0 Å². The number of carboxylic acid groups (broad SMARTS) is 1. The smallest absolute Gasteiger partial charge is 0.326 e. The predicted molar refractivity (Wildman–Crippen MR) is 95.1 cm³/mol. The van der Waals surface area contributed by atoms with Crippen LogP contribution in [0.1, 0.15) is 48.0 Å². The summed E-state index contributed by atoms with van der Waals surface area (Å²) in [6, 6.07) is -3.29. The molecule has 0 aromatic heterocycles. The molecule has 0 spiro atoms. The summed E-state index contributed by atoms with van der Waals surface area (Å²) in [4.78, 5) is 47.4. The molecule has 0 aliphatic heterocycles. The van der Waals surface area contributed by atoms with Crippen molar-refractivity contribution in [3.63, 3.8) is 0 Å². The molecular formula is C17H31N3O6. The second-order valence-electron chi connectivity index (χ2n) is 7.18. The van der Waals surface area contributed by atoms with Gasteiger partial charge in [-0.3, -0.25) is 14.4 Å². The molecule has 5 N–H and O–H groups in total. The van der Waals surface area contributed by atoms with Gasteiger partial charge in [0, 0.05) is 6.92 Å². The molecule has 26 heavy (non-hydrogen) atoms. The van der Waals surface area contributed by atoms with Crippen molar-refractivity contribution in [2.24, 2.45) is 11.8 Å². The molecule has 0 aliphatic carbocycles. The highest BCUT2D eigenvalue weighted by Gasteiger charge is 2.32. The molecule has 0 rings (SSSR count). The number of carboxylic acids is 1. The Hall–Kier alpha value is -2.16. The van der Waals surface area contributed by atoms with Crippen LogP contribution in [0.5, 0.6) is 0 Å². The standard InChI is InChI=1S/C17H31N3O6/c1-8(2)7-12(17(25)26)19-15(23)13(9(3)4)20-16(24)14(10(5)21)18-11(6)22/h8-10,12-14,21H,7H2,1-6H3,(H,18,22)(H,19,23)(H,20,24)(H,25,26)/t10?,12-,13-,14-/m0/s1. The molecule has 9 nitrogen and oxygen atoms in total. The summed E-state index contributed by atoms with van der Waals surface area (Å²) in [5.41, 5.74) is 0. The minimum Gasteiger partial charge on any atom is -0.480 e. The van der Waals surface area contributed by atoms with Gasteiger partial charge >= 0.3 is 5.97 Å². The molecule has 1 unspecified atom stereocenters. The highest BCUT2D eigenvalue weighted by atomic mass is 16.4. The van der Waals surface area contributed by atoms with Crippen LogP contribution in [-0.4, -0.2) is 58.1 Å². The van der Waals surface area contributed by atoms with E-state index in [0.717, 1.165) is 0 Å². The Morgan fingerprint density at radius 2 is 1.35 bits per heavy atom. The molecule has 9 heteroatoms. The lowest BCUT2D eigenvalue weighted by Gasteiger charge is -2.27. The third kappa shape index (κ3) is 8.28. The van der Waals surface area contributed by atoms with Crippen LogP contribution in [0.4, 0.5) is 0 Å². The van der Waals surface area contributed by atoms with Gasteiger partial charge in [-0.1, -0.05) is 27.7 Å². The fraction of sp³-hybridized carbons (Fsp3) is 0.765. The van der Waals surface area contributed by atoms with Gasteiger partial charge in [-0.2, -0.15) is 0 Å². The van der Waals surface area contributed by atoms with Gasteiger partial charge in [-0.25, -0.2) is 4.79 Å². The topological polar surface area (TPSA) is 145 Å². The summed E-state index contributed by atoms with van der Waals surface area (Å²) >= 11 is 0. The molecule has 0 aromatic carbocycles. The predicted octanol–water partition coefficient (Wildman–Crippen LogP) is -0.372. The number of carbonyl (C=O) groups excluding carboxylic acids is 3. The number of hydrogen-bond acceptors (Lipinski definition) is 5. The molecule has 0 bridgehead atoms. The molecular weight excluding hydrogens is 342 g/mol. The average Bonchev–Trinajstić information content (AvgIpc) is 2.47. The van der Waals surface area contributed by atoms with E-state index in [4.69, 9.17) is 0 Å². The number of nitrogens with one attached hydrogen (secondary N) is 3. The minimum absolute atomic E-state index is 0.0582. The molecule has 0 saturated carbocycles. The Labute approximate surface area is 153 Å². The van der Waals surface area contributed by atoms with Gasteiger partial charge in [0.2, 0.25) is 17.7 Å². The number of amides is 3. The Morgan fingerprint density at radius 1 is 0.846 bits per heavy atom. The molecule has 0 fully saturated rings. The van der Waals surface area contributed by atoms with Crippen LogP contribution in [0, 0.1) is 11.8 Å². The zero-order valence-corrected chi connectivity index (χ0v) is 16.2. The Balaban J connectivity index is 5.21. The largest absolute Gasteiger partial charge is 0.480 e. The average molecular weight is 373 g/mol. The van der Waals surface area contributed by atoms with Gasteiger partial charge in [0.25, 0.3) is 0 Å². The van der Waals surface area contributed by atoms with Crippen molar-refractivity contribution in [2.75, 3.05) is 0 Å². The number of aliphatic hydroxyl groups is 1. The maximum Gasteiger partial charge on any atom is 0.326 e. The summed E-state index contributed by atoms with van der Waals surface area (Å²) in [5.74, 6) is -3.28. The van der Waals surface area contributed by atoms with E-state index < -0.39 is 47.9 Å². The van der Waals surface area contributed by atoms with Crippen molar-refractivity contribution in [3.8, 4) is 0 Å². The highest BCUT2D eigenvalue weighted by molar-refractivity contribution is 5.93. The van der Waals surface area contributed by atoms with Crippen molar-refractivity contribution in [2.45, 2.75) is 72.2 Å². The highest BCUT2D eigenvalue weighted by Crippen LogP contribution is 2.08. The number of carbonyl (C=O) groups is 4. The Morgan fingerprint density at radius 3 is 1.69 bits per heavy atom. The van der Waals surface area contributed by atoms with Gasteiger partial charge < -0.3 is 26.2 Å². The Bertz CT molecular complexity index is 519. The normalized spacial score (nSPS) is 15.7. The quantitative estimate of drug-likeness (QED) is 0.353. The van der Waals surface area contributed by atoms with Crippen LogP contribution in [0.2, 0.25) is 0 Å². The fourth-order valence-electron chi connectivity index (χ4n) is 2.36. The van der Waals surface area contributed by atoms with Crippen LogP contribution in [0.3, 0.4) is 0 Å². The van der Waals surface area contributed by atoms with Gasteiger partial charge in [0.15, 0.2) is 0 Å². The number of rotatable bonds is 10. The molecule has 150 valence electrons. The second-order valence-corrected chi connectivity index (χ2v) is 7.18. The molecule has 0 heterocycles. The third-order valence-electron chi connectivity index (χ3n) is 3.69. The first-order chi connectivity index (χ1) is 11.9. The number of aliphatic hydroxyl groups excluding tert-OH is 1. The van der Waals surface area contributed by atoms with Crippen LogP contribution in [0.15, 0.2) is 0 Å². The number of hydrogen-bond donors (Lipinski definition) is 5. The summed E-state index contributed by atoms with van der Waals surface area (Å²) in [5, 5.41) is 26.2. The van der Waals surface area contributed by atoms with E-state index in [1.165, 1.54) is 13.8 Å². The van der Waals surface area contributed by atoms with Crippen LogP contribution >= 0.6 is 0 Å². The van der Waals surface area contributed by atoms with Crippen LogP contribution < -0.4 is 16.0 Å². The monoisotopic (exact) mass is 373 g/mol. The van der Waals surface area contributed by atoms with E-state index >= 15 is 0 Å². The van der Waals surface area contributed by atoms with E-state index in [1.807, 2.05) is 13.8 Å². The second kappa shape index (κ2) is 10.7. The van der Waals surface area contributed by atoms with Gasteiger partial charge in [-0.15, -0.1) is 0 Å². The molecule has 0 radical (unpaired) electrons. The zero-order valence-electron chi connectivity index (χ0n) is 16.2. The zero-order chi connectivity index (χ0) is 20.6. The van der Waals surface area contributed by atoms with Gasteiger partial charge in [-0.05, 0) is 25.2 Å². The van der Waals surface area contributed by atoms with E-state index in [0.29, 0.717) is 0 Å². The van der Waals surface area contributed by atoms with Gasteiger partial charge in [0.1, 0.15) is 18.1 Å². The minimum atomic E-state index is -1.22. The first kappa shape index (κ1) is 23.8. The maximum atomic E-state index is 12.5. The lowest BCUT2D eigenvalue weighted by Crippen LogP contribution is -2.59. The summed E-state index contributed by atoms with van der Waals surface area (Å²) in [6.45, 7) is 9.61. The SMILES string of the molecule is CC(=O)N[C@H](C(=O)N[C@H](C(=O)N[C@@H](CC(C)C)C(=O)O)C(C)C)C(C)O. The lowest BCUT2D eigenvalue weighted by atomic mass is 9.99. The summed E-state index contributed by atoms with van der Waals surface area (Å²) in [6.07, 6.45) is -0.912. The van der Waals surface area contributed by atoms with Crippen molar-refractivity contribution >= 4 is 23.7 Å². The van der Waals surface area contributed by atoms with Crippen molar-refractivity contribution < 1.29 is 29.4 Å². The summed E-state index contributed by atoms with van der Waals surface area (Å²) < 4.78 is 0. The van der Waals surface area contributed by atoms with Gasteiger partial charge in [0.05, 0.1) is 6.10 Å². The molecule has 0 saturated heterocycles. The third-order valence-corrected chi connectivity index (χ3v) is 3.69. The lowest BCUT2D eigenvalue weighted by molar-refractivity contribution is -0.143. The molecule has 3 amide bonds. The van der Waals surface area contributed by atoms with Crippen LogP contribution in [-0.2, 0) is 19.2 Å². The van der Waals surface area contributed by atoms with Crippen molar-refractivity contribution in [1.29, 1.82) is 0 Å².